The van der Waals surface area contributed by atoms with Crippen molar-refractivity contribution in [1.29, 1.82) is 0 Å². The van der Waals surface area contributed by atoms with Crippen molar-refractivity contribution in [2.45, 2.75) is 0 Å². The summed E-state index contributed by atoms with van der Waals surface area (Å²) in [7, 11) is 0. The second-order valence-electron chi connectivity index (χ2n) is 2.27. The Bertz CT molecular complexity index is 229. The number of hydrogen-bond acceptors (Lipinski definition) is 2. The Labute approximate surface area is 51.7 Å². The van der Waals surface area contributed by atoms with E-state index in [-0.39, 0.29) is 11.7 Å². The molecule has 46 valence electrons. The van der Waals surface area contributed by atoms with Crippen molar-refractivity contribution in [1.82, 2.24) is 5.32 Å². The molecule has 1 unspecified atom stereocenters. The number of amides is 1. The van der Waals surface area contributed by atoms with E-state index in [1.54, 1.807) is 0 Å². The highest BCUT2D eigenvalue weighted by Gasteiger charge is 2.41. The molecule has 0 saturated carbocycles. The summed E-state index contributed by atoms with van der Waals surface area (Å²) in [5, 5.41) is 2.58. The zero-order chi connectivity index (χ0) is 6.43. The molecule has 1 aliphatic heterocycles. The summed E-state index contributed by atoms with van der Waals surface area (Å²) >= 11 is 0. The Morgan fingerprint density at radius 1 is 1.56 bits per heavy atom. The number of carbonyl (C=O) groups is 2. The first kappa shape index (κ1) is 4.73. The van der Waals surface area contributed by atoms with Gasteiger partial charge in [-0.2, -0.15) is 0 Å². The monoisotopic (exact) mass is 123 g/mol. The van der Waals surface area contributed by atoms with E-state index in [1.807, 2.05) is 0 Å². The molecule has 1 atom stereocenters. The zero-order valence-corrected chi connectivity index (χ0v) is 4.68. The van der Waals surface area contributed by atoms with Gasteiger partial charge in [0.2, 0.25) is 5.91 Å². The molecule has 3 nitrogen and oxygen atoms in total. The van der Waals surface area contributed by atoms with Gasteiger partial charge < -0.3 is 5.32 Å². The van der Waals surface area contributed by atoms with Crippen molar-refractivity contribution < 1.29 is 9.59 Å². The van der Waals surface area contributed by atoms with Gasteiger partial charge in [-0.3, -0.25) is 9.59 Å². The third-order valence-corrected chi connectivity index (χ3v) is 1.71. The summed E-state index contributed by atoms with van der Waals surface area (Å²) in [5.74, 6) is -0.567. The van der Waals surface area contributed by atoms with Crippen molar-refractivity contribution >= 4 is 11.7 Å². The number of carbonyl (C=O) groups excluding carboxylic acids is 2. The first-order chi connectivity index (χ1) is 4.29. The number of allylic oxidation sites excluding steroid dienone is 1. The van der Waals surface area contributed by atoms with Crippen LogP contribution in [0.1, 0.15) is 0 Å². The van der Waals surface area contributed by atoms with Crippen molar-refractivity contribution in [3.63, 3.8) is 0 Å². The van der Waals surface area contributed by atoms with E-state index in [4.69, 9.17) is 0 Å². The van der Waals surface area contributed by atoms with Gasteiger partial charge in [-0.1, -0.05) is 0 Å². The molecule has 1 fully saturated rings. The molecule has 1 heterocycles. The molecule has 2 rings (SSSR count). The van der Waals surface area contributed by atoms with Crippen LogP contribution in [-0.4, -0.2) is 18.2 Å². The fraction of sp³-hybridized carbons (Fsp3) is 0.333. The molecule has 0 aromatic carbocycles. The zero-order valence-electron chi connectivity index (χ0n) is 4.68. The summed E-state index contributed by atoms with van der Waals surface area (Å²) in [4.78, 5) is 21.3. The lowest BCUT2D eigenvalue weighted by atomic mass is 9.86. The standard InChI is InChI=1S/C6H5NO2/c8-4-1-3-2-7-6(9)5(3)4/h1,5H,2H2,(H,7,9). The summed E-state index contributed by atoms with van der Waals surface area (Å²) < 4.78 is 0. The molecule has 0 radical (unpaired) electrons. The molecule has 2 aliphatic rings. The minimum atomic E-state index is -0.398. The lowest BCUT2D eigenvalue weighted by Gasteiger charge is -2.12. The number of hydrogen-bond donors (Lipinski definition) is 1. The van der Waals surface area contributed by atoms with Gasteiger partial charge >= 0.3 is 0 Å². The minimum absolute atomic E-state index is 0.0417. The maximum atomic E-state index is 10.7. The highest BCUT2D eigenvalue weighted by molar-refractivity contribution is 6.17. The smallest absolute Gasteiger partial charge is 0.235 e. The highest BCUT2D eigenvalue weighted by atomic mass is 16.2. The molecule has 1 aliphatic carbocycles. The second kappa shape index (κ2) is 1.23. The van der Waals surface area contributed by atoms with Crippen molar-refractivity contribution in [2.24, 2.45) is 5.92 Å². The van der Waals surface area contributed by atoms with E-state index < -0.39 is 5.92 Å². The van der Waals surface area contributed by atoms with Crippen LogP contribution in [0.5, 0.6) is 0 Å². The number of nitrogens with one attached hydrogen (secondary N) is 1. The SMILES string of the molecule is O=C1C=C2CNC(=O)C12. The van der Waals surface area contributed by atoms with Crippen LogP contribution < -0.4 is 5.32 Å². The Balaban J connectivity index is 2.40. The van der Waals surface area contributed by atoms with Crippen molar-refractivity contribution in [3.05, 3.63) is 11.6 Å². The normalized spacial score (nSPS) is 30.7. The lowest BCUT2D eigenvalue weighted by Crippen LogP contribution is -2.29. The average Bonchev–Trinajstić information content (AvgIpc) is 2.04. The molecule has 1 amide bonds. The van der Waals surface area contributed by atoms with Gasteiger partial charge in [0.25, 0.3) is 0 Å². The van der Waals surface area contributed by atoms with E-state index in [0.717, 1.165) is 5.57 Å². The van der Waals surface area contributed by atoms with Crippen LogP contribution in [0.4, 0.5) is 0 Å². The minimum Gasteiger partial charge on any atom is -0.351 e. The van der Waals surface area contributed by atoms with Crippen LogP contribution in [0.15, 0.2) is 11.6 Å². The van der Waals surface area contributed by atoms with Gasteiger partial charge in [0, 0.05) is 6.54 Å². The molecule has 1 saturated heterocycles. The van der Waals surface area contributed by atoms with Gasteiger partial charge in [0.1, 0.15) is 5.92 Å². The number of rotatable bonds is 0. The van der Waals surface area contributed by atoms with E-state index in [0.29, 0.717) is 6.54 Å². The quantitative estimate of drug-likeness (QED) is 0.430. The van der Waals surface area contributed by atoms with E-state index >= 15 is 0 Å². The topological polar surface area (TPSA) is 46.2 Å². The molecule has 0 bridgehead atoms. The maximum Gasteiger partial charge on any atom is 0.235 e. The molecule has 1 N–H and O–H groups in total. The van der Waals surface area contributed by atoms with E-state index in [9.17, 15) is 9.59 Å². The van der Waals surface area contributed by atoms with E-state index in [2.05, 4.69) is 5.32 Å². The van der Waals surface area contributed by atoms with Gasteiger partial charge in [0.15, 0.2) is 5.78 Å². The molecule has 0 aromatic heterocycles. The number of ketones is 1. The molecular formula is C6H5NO2. The van der Waals surface area contributed by atoms with Gasteiger partial charge in [-0.25, -0.2) is 0 Å². The van der Waals surface area contributed by atoms with Crippen molar-refractivity contribution in [3.8, 4) is 0 Å². The Hall–Kier alpha value is -1.12. The Kier molecular flexibility index (Phi) is 0.649. The largest absolute Gasteiger partial charge is 0.351 e. The predicted molar refractivity (Wildman–Crippen MR) is 29.6 cm³/mol. The van der Waals surface area contributed by atoms with Crippen LogP contribution in [-0.2, 0) is 9.59 Å². The van der Waals surface area contributed by atoms with E-state index in [1.165, 1.54) is 6.08 Å². The first-order valence-corrected chi connectivity index (χ1v) is 2.81. The average molecular weight is 123 g/mol. The van der Waals surface area contributed by atoms with Crippen LogP contribution in [0.3, 0.4) is 0 Å². The highest BCUT2D eigenvalue weighted by Crippen LogP contribution is 2.26. The first-order valence-electron chi connectivity index (χ1n) is 2.81. The van der Waals surface area contributed by atoms with Gasteiger partial charge in [0.05, 0.1) is 0 Å². The van der Waals surface area contributed by atoms with Crippen LogP contribution in [0.2, 0.25) is 0 Å². The Morgan fingerprint density at radius 2 is 2.33 bits per heavy atom. The number of fused-ring (bicyclic) bond motifs is 1. The fourth-order valence-electron chi connectivity index (χ4n) is 1.18. The molecule has 9 heavy (non-hydrogen) atoms. The van der Waals surface area contributed by atoms with Crippen LogP contribution in [0, 0.1) is 5.92 Å². The second-order valence-corrected chi connectivity index (χ2v) is 2.27. The third kappa shape index (κ3) is 0.415. The fourth-order valence-corrected chi connectivity index (χ4v) is 1.18. The molecule has 0 aromatic rings. The predicted octanol–water partition coefficient (Wildman–Crippen LogP) is -0.759. The lowest BCUT2D eigenvalue weighted by molar-refractivity contribution is -0.129. The van der Waals surface area contributed by atoms with Gasteiger partial charge in [-0.05, 0) is 11.6 Å². The molecule has 0 spiro atoms. The summed E-state index contributed by atoms with van der Waals surface area (Å²) in [6.07, 6.45) is 1.53. The van der Waals surface area contributed by atoms with Gasteiger partial charge in [-0.15, -0.1) is 0 Å². The van der Waals surface area contributed by atoms with Crippen LogP contribution in [0.25, 0.3) is 0 Å². The third-order valence-electron chi connectivity index (χ3n) is 1.71. The maximum absolute atomic E-state index is 10.7. The summed E-state index contributed by atoms with van der Waals surface area (Å²) in [5.41, 5.74) is 0.949. The Morgan fingerprint density at radius 3 is 2.78 bits per heavy atom. The summed E-state index contributed by atoms with van der Waals surface area (Å²) in [6, 6.07) is 0. The van der Waals surface area contributed by atoms with Crippen molar-refractivity contribution in [2.75, 3.05) is 6.54 Å². The molecular weight excluding hydrogens is 118 g/mol. The summed E-state index contributed by atoms with van der Waals surface area (Å²) in [6.45, 7) is 0.579. The molecule has 3 heteroatoms. The van der Waals surface area contributed by atoms with Crippen LogP contribution >= 0.6 is 0 Å².